The van der Waals surface area contributed by atoms with Crippen molar-refractivity contribution < 1.29 is 68.0 Å². The van der Waals surface area contributed by atoms with Crippen LogP contribution in [0.25, 0.3) is 0 Å². The number of sulfonamides is 2. The van der Waals surface area contributed by atoms with E-state index in [1.807, 2.05) is 27.3 Å². The monoisotopic (exact) mass is 1000 g/mol. The van der Waals surface area contributed by atoms with Crippen molar-refractivity contribution in [3.05, 3.63) is 126 Å². The number of aliphatic hydroxyl groups excluding tert-OH is 4. The lowest BCUT2D eigenvalue weighted by molar-refractivity contribution is 0.0858. The standard InChI is InChI=1S/C20H21F4NO4S.C20H21F3INO4S/c1-11-2-3-12(15(21)6-11)7-14-18(24)16(22)8-17(23)19(14)25-30(28,29)20(4-5-20)9-13(27)10-26;1-11-6-17(22)18(23)15(7-12-2-3-13(24)8-16(12)21)19(11)25-30(28,29)20(4-5-20)9-14(27)10-26/h2-3,6,8,13,25-27H,4-5,7,9-10H2,1H3;2-3,6,8,14,25-27H,4-5,7,9-10H2,1H3. The maximum absolute atomic E-state index is 14.7. The van der Waals surface area contributed by atoms with Crippen LogP contribution in [0.1, 0.15) is 71.9 Å². The molecule has 2 unspecified atom stereocenters. The molecule has 60 heavy (non-hydrogen) atoms. The van der Waals surface area contributed by atoms with E-state index in [2.05, 4.69) is 4.72 Å². The Bertz CT molecular complexity index is 2320. The van der Waals surface area contributed by atoms with Crippen LogP contribution in [0.3, 0.4) is 0 Å². The number of aryl methyl sites for hydroxylation is 2. The molecule has 2 saturated carbocycles. The Balaban J connectivity index is 0.000000228. The van der Waals surface area contributed by atoms with Crippen molar-refractivity contribution in [3.63, 3.8) is 0 Å². The van der Waals surface area contributed by atoms with Crippen LogP contribution < -0.4 is 9.44 Å². The molecular weight excluding hydrogens is 960 g/mol. The Hall–Kier alpha value is -3.54. The molecule has 4 aromatic rings. The van der Waals surface area contributed by atoms with E-state index in [1.165, 1.54) is 37.3 Å². The second kappa shape index (κ2) is 18.4. The van der Waals surface area contributed by atoms with E-state index in [9.17, 15) is 57.8 Å². The predicted molar refractivity (Wildman–Crippen MR) is 218 cm³/mol. The maximum Gasteiger partial charge on any atom is 0.238 e. The highest BCUT2D eigenvalue weighted by atomic mass is 127. The normalized spacial score (nSPS) is 16.4. The van der Waals surface area contributed by atoms with E-state index in [1.54, 1.807) is 13.0 Å². The Morgan fingerprint density at radius 1 is 0.617 bits per heavy atom. The van der Waals surface area contributed by atoms with Crippen molar-refractivity contribution in [2.24, 2.45) is 0 Å². The summed E-state index contributed by atoms with van der Waals surface area (Å²) in [4.78, 5) is 0. The van der Waals surface area contributed by atoms with E-state index in [-0.39, 0.29) is 79.0 Å². The van der Waals surface area contributed by atoms with Gasteiger partial charge in [0.25, 0.3) is 0 Å². The van der Waals surface area contributed by atoms with Gasteiger partial charge < -0.3 is 20.4 Å². The van der Waals surface area contributed by atoms with E-state index < -0.39 is 113 Å². The molecule has 6 N–H and O–H groups in total. The first-order chi connectivity index (χ1) is 28.0. The third-order valence-corrected chi connectivity index (χ3v) is 15.7. The first-order valence-electron chi connectivity index (χ1n) is 18.4. The van der Waals surface area contributed by atoms with E-state index in [0.717, 1.165) is 6.07 Å². The van der Waals surface area contributed by atoms with Gasteiger partial charge in [-0.15, -0.1) is 0 Å². The van der Waals surface area contributed by atoms with Crippen LogP contribution in [0.4, 0.5) is 42.1 Å². The molecule has 0 bridgehead atoms. The van der Waals surface area contributed by atoms with Crippen molar-refractivity contribution in [3.8, 4) is 0 Å². The van der Waals surface area contributed by atoms with Crippen LogP contribution in [0.15, 0.2) is 48.5 Å². The molecule has 0 aliphatic heterocycles. The maximum atomic E-state index is 14.7. The number of halogens is 8. The molecule has 2 fully saturated rings. The lowest BCUT2D eigenvalue weighted by Gasteiger charge is -2.23. The number of aliphatic hydroxyl groups is 4. The summed E-state index contributed by atoms with van der Waals surface area (Å²) in [7, 11) is -8.43. The molecule has 328 valence electrons. The number of rotatable bonds is 16. The van der Waals surface area contributed by atoms with Gasteiger partial charge in [-0.25, -0.2) is 47.6 Å². The number of hydrogen-bond acceptors (Lipinski definition) is 8. The molecule has 2 aliphatic carbocycles. The molecule has 0 amide bonds. The Morgan fingerprint density at radius 2 is 1.05 bits per heavy atom. The third kappa shape index (κ3) is 10.4. The number of hydrogen-bond donors (Lipinski definition) is 6. The topological polar surface area (TPSA) is 173 Å². The summed E-state index contributed by atoms with van der Waals surface area (Å²) in [5.41, 5.74) is -1.15. The van der Waals surface area contributed by atoms with Gasteiger partial charge in [0.1, 0.15) is 11.6 Å². The van der Waals surface area contributed by atoms with Crippen LogP contribution in [-0.2, 0) is 32.9 Å². The quantitative estimate of drug-likeness (QED) is 0.0405. The lowest BCUT2D eigenvalue weighted by atomic mass is 9.99. The second-order valence-corrected chi connectivity index (χ2v) is 20.6. The molecule has 6 rings (SSSR count). The minimum absolute atomic E-state index is 0.0678. The molecular formula is C40H42F7IN2O8S2. The van der Waals surface area contributed by atoms with Gasteiger partial charge in [-0.3, -0.25) is 9.44 Å². The van der Waals surface area contributed by atoms with Crippen molar-refractivity contribution in [1.29, 1.82) is 0 Å². The Morgan fingerprint density at radius 3 is 1.50 bits per heavy atom. The fourth-order valence-electron chi connectivity index (χ4n) is 6.81. The summed E-state index contributed by atoms with van der Waals surface area (Å²) in [5, 5.41) is 37.4. The summed E-state index contributed by atoms with van der Waals surface area (Å²) in [5.74, 6) is -8.12. The van der Waals surface area contributed by atoms with Crippen molar-refractivity contribution in [2.75, 3.05) is 22.7 Å². The summed E-state index contributed by atoms with van der Waals surface area (Å²) in [6.45, 7) is 1.81. The largest absolute Gasteiger partial charge is 0.394 e. The van der Waals surface area contributed by atoms with Gasteiger partial charge >= 0.3 is 0 Å². The van der Waals surface area contributed by atoms with Gasteiger partial charge in [0.2, 0.25) is 20.0 Å². The van der Waals surface area contributed by atoms with Gasteiger partial charge in [0.15, 0.2) is 29.1 Å². The van der Waals surface area contributed by atoms with E-state index in [0.29, 0.717) is 9.13 Å². The zero-order chi connectivity index (χ0) is 44.5. The minimum Gasteiger partial charge on any atom is -0.394 e. The Kier molecular flexibility index (Phi) is 14.6. The molecule has 0 aromatic heterocycles. The van der Waals surface area contributed by atoms with Gasteiger partial charge in [-0.2, -0.15) is 0 Å². The van der Waals surface area contributed by atoms with Gasteiger partial charge in [-0.1, -0.05) is 18.2 Å². The van der Waals surface area contributed by atoms with Crippen LogP contribution in [-0.4, -0.2) is 72.2 Å². The highest BCUT2D eigenvalue weighted by Crippen LogP contribution is 2.49. The second-order valence-electron chi connectivity index (χ2n) is 15.2. The fraction of sp³-hybridized carbons (Fsp3) is 0.400. The first kappa shape index (κ1) is 47.5. The molecule has 0 heterocycles. The molecule has 2 atom stereocenters. The molecule has 0 spiro atoms. The summed E-state index contributed by atoms with van der Waals surface area (Å²) < 4.78 is 154. The van der Waals surface area contributed by atoms with Crippen LogP contribution in [0.2, 0.25) is 0 Å². The zero-order valence-corrected chi connectivity index (χ0v) is 35.9. The first-order valence-corrected chi connectivity index (χ1v) is 22.5. The summed E-state index contributed by atoms with van der Waals surface area (Å²) >= 11 is 1.92. The smallest absolute Gasteiger partial charge is 0.238 e. The molecule has 0 radical (unpaired) electrons. The zero-order valence-electron chi connectivity index (χ0n) is 32.1. The Labute approximate surface area is 356 Å². The minimum atomic E-state index is -4.33. The van der Waals surface area contributed by atoms with Crippen LogP contribution in [0.5, 0.6) is 0 Å². The van der Waals surface area contributed by atoms with Gasteiger partial charge in [-0.05, 0) is 121 Å². The molecule has 0 saturated heterocycles. The van der Waals surface area contributed by atoms with Crippen molar-refractivity contribution in [2.45, 2.75) is 86.9 Å². The lowest BCUT2D eigenvalue weighted by Crippen LogP contribution is -2.35. The van der Waals surface area contributed by atoms with Crippen molar-refractivity contribution >= 4 is 54.0 Å². The fourth-order valence-corrected chi connectivity index (χ4v) is 10.8. The van der Waals surface area contributed by atoms with Gasteiger partial charge in [0.05, 0.1) is 46.3 Å². The summed E-state index contributed by atoms with van der Waals surface area (Å²) in [6, 6.07) is 9.42. The van der Waals surface area contributed by atoms with Crippen LogP contribution in [0, 0.1) is 58.1 Å². The number of nitrogens with one attached hydrogen (secondary N) is 2. The molecule has 4 aromatic carbocycles. The van der Waals surface area contributed by atoms with Crippen LogP contribution >= 0.6 is 22.6 Å². The highest BCUT2D eigenvalue weighted by Gasteiger charge is 2.56. The average molecular weight is 1000 g/mol. The SMILES string of the molecule is Cc1cc(F)c(F)c(Cc2ccc(I)cc2F)c1NS(=O)(=O)C1(CC(O)CO)CC1.Cc1ccc(Cc2c(F)c(F)cc(F)c2NS(=O)(=O)C2(CC(O)CO)CC2)c(F)c1. The molecule has 20 heteroatoms. The van der Waals surface area contributed by atoms with E-state index in [4.69, 9.17) is 10.2 Å². The molecule has 10 nitrogen and oxygen atoms in total. The average Bonchev–Trinajstić information content (AvgIpc) is 4.12. The predicted octanol–water partition coefficient (Wildman–Crippen LogP) is 6.79. The number of benzene rings is 4. The van der Waals surface area contributed by atoms with Gasteiger partial charge in [0, 0.05) is 33.6 Å². The number of anilines is 2. The summed E-state index contributed by atoms with van der Waals surface area (Å²) in [6.07, 6.45) is -3.11. The van der Waals surface area contributed by atoms with E-state index >= 15 is 0 Å². The van der Waals surface area contributed by atoms with Crippen molar-refractivity contribution in [1.82, 2.24) is 0 Å². The molecule has 2 aliphatic rings. The highest BCUT2D eigenvalue weighted by molar-refractivity contribution is 14.1. The third-order valence-electron chi connectivity index (χ3n) is 10.6.